The summed E-state index contributed by atoms with van der Waals surface area (Å²) in [7, 11) is 0. The fourth-order valence-electron chi connectivity index (χ4n) is 0.767. The Bertz CT molecular complexity index is 148. The molecule has 1 rings (SSSR count). The molecule has 1 aliphatic heterocycles. The standard InChI is InChI=1S/C7H14N2O2.ClH/c1-5(2)9-7(10)11-6-3-8-4-6;/h5-6,8H,3-4H2,1-2H3,(H,9,10);1H. The molecule has 4 nitrogen and oxygen atoms in total. The molecule has 1 heterocycles. The molecule has 0 aromatic rings. The van der Waals surface area contributed by atoms with E-state index >= 15 is 0 Å². The van der Waals surface area contributed by atoms with E-state index in [1.807, 2.05) is 13.8 Å². The van der Waals surface area contributed by atoms with E-state index in [-0.39, 0.29) is 30.6 Å². The van der Waals surface area contributed by atoms with E-state index in [0.29, 0.717) is 0 Å². The van der Waals surface area contributed by atoms with E-state index in [2.05, 4.69) is 10.6 Å². The number of carbonyl (C=O) groups excluding carboxylic acids is 1. The Balaban J connectivity index is 0.00000121. The highest BCUT2D eigenvalue weighted by molar-refractivity contribution is 5.85. The minimum atomic E-state index is -0.313. The zero-order valence-electron chi connectivity index (χ0n) is 7.29. The summed E-state index contributed by atoms with van der Waals surface area (Å²) < 4.78 is 4.98. The van der Waals surface area contributed by atoms with Crippen molar-refractivity contribution >= 4 is 18.5 Å². The molecule has 2 N–H and O–H groups in total. The number of alkyl carbamates (subject to hydrolysis) is 1. The quantitative estimate of drug-likeness (QED) is 0.674. The van der Waals surface area contributed by atoms with Crippen molar-refractivity contribution < 1.29 is 9.53 Å². The Hall–Kier alpha value is -0.480. The maximum absolute atomic E-state index is 10.9. The number of ether oxygens (including phenoxy) is 1. The Morgan fingerprint density at radius 1 is 1.58 bits per heavy atom. The van der Waals surface area contributed by atoms with E-state index in [1.54, 1.807) is 0 Å². The van der Waals surface area contributed by atoms with E-state index in [0.717, 1.165) is 13.1 Å². The number of hydrogen-bond donors (Lipinski definition) is 2. The van der Waals surface area contributed by atoms with Gasteiger partial charge in [-0.15, -0.1) is 12.4 Å². The summed E-state index contributed by atoms with van der Waals surface area (Å²) in [6, 6.07) is 0.149. The molecule has 1 saturated heterocycles. The lowest BCUT2D eigenvalue weighted by atomic mass is 10.2. The summed E-state index contributed by atoms with van der Waals surface area (Å²) in [6.45, 7) is 5.37. The number of carbonyl (C=O) groups is 1. The van der Waals surface area contributed by atoms with Crippen LogP contribution in [0, 0.1) is 0 Å². The molecule has 5 heteroatoms. The van der Waals surface area contributed by atoms with Crippen LogP contribution in [0.2, 0.25) is 0 Å². The second-order valence-corrected chi connectivity index (χ2v) is 2.98. The molecule has 72 valence electrons. The van der Waals surface area contributed by atoms with Crippen molar-refractivity contribution in [3.63, 3.8) is 0 Å². The maximum atomic E-state index is 10.9. The van der Waals surface area contributed by atoms with E-state index < -0.39 is 0 Å². The summed E-state index contributed by atoms with van der Waals surface area (Å²) >= 11 is 0. The highest BCUT2D eigenvalue weighted by atomic mass is 35.5. The summed E-state index contributed by atoms with van der Waals surface area (Å²) in [6.07, 6.45) is -0.236. The van der Waals surface area contributed by atoms with Crippen molar-refractivity contribution in [3.8, 4) is 0 Å². The van der Waals surface area contributed by atoms with Crippen molar-refractivity contribution in [1.29, 1.82) is 0 Å². The van der Waals surface area contributed by atoms with Gasteiger partial charge in [-0.2, -0.15) is 0 Å². The predicted molar refractivity (Wildman–Crippen MR) is 48.7 cm³/mol. The van der Waals surface area contributed by atoms with Crippen LogP contribution in [0.3, 0.4) is 0 Å². The molecule has 0 bridgehead atoms. The molecule has 0 radical (unpaired) electrons. The van der Waals surface area contributed by atoms with Crippen LogP contribution >= 0.6 is 12.4 Å². The lowest BCUT2D eigenvalue weighted by Crippen LogP contribution is -2.51. The minimum Gasteiger partial charge on any atom is -0.444 e. The summed E-state index contributed by atoms with van der Waals surface area (Å²) in [5, 5.41) is 5.67. The van der Waals surface area contributed by atoms with Crippen LogP contribution in [0.5, 0.6) is 0 Å². The summed E-state index contributed by atoms with van der Waals surface area (Å²) in [4.78, 5) is 10.9. The lowest BCUT2D eigenvalue weighted by molar-refractivity contribution is 0.0656. The molecule has 1 fully saturated rings. The van der Waals surface area contributed by atoms with Gasteiger partial charge >= 0.3 is 6.09 Å². The predicted octanol–water partition coefficient (Wildman–Crippen LogP) is 0.515. The molecule has 0 unspecified atom stereocenters. The zero-order chi connectivity index (χ0) is 8.27. The molecule has 0 aromatic carbocycles. The van der Waals surface area contributed by atoms with Gasteiger partial charge in [-0.25, -0.2) is 4.79 Å². The lowest BCUT2D eigenvalue weighted by Gasteiger charge is -2.27. The Morgan fingerprint density at radius 2 is 2.17 bits per heavy atom. The molecule has 1 amide bonds. The second kappa shape index (κ2) is 5.22. The van der Waals surface area contributed by atoms with Gasteiger partial charge in [0.15, 0.2) is 0 Å². The van der Waals surface area contributed by atoms with Crippen LogP contribution in [-0.2, 0) is 4.74 Å². The summed E-state index contributed by atoms with van der Waals surface area (Å²) in [5.41, 5.74) is 0. The van der Waals surface area contributed by atoms with Crippen molar-refractivity contribution in [1.82, 2.24) is 10.6 Å². The molecule has 0 spiro atoms. The van der Waals surface area contributed by atoms with Gasteiger partial charge < -0.3 is 15.4 Å². The average molecular weight is 195 g/mol. The minimum absolute atomic E-state index is 0. The molecule has 0 atom stereocenters. The first-order chi connectivity index (χ1) is 5.18. The molecule has 0 saturated carbocycles. The first kappa shape index (κ1) is 11.5. The zero-order valence-corrected chi connectivity index (χ0v) is 8.11. The SMILES string of the molecule is CC(C)NC(=O)OC1CNC1.Cl. The third-order valence-electron chi connectivity index (χ3n) is 1.42. The van der Waals surface area contributed by atoms with Crippen LogP contribution in [0.15, 0.2) is 0 Å². The van der Waals surface area contributed by atoms with E-state index in [4.69, 9.17) is 4.74 Å². The summed E-state index contributed by atoms with van der Waals surface area (Å²) in [5.74, 6) is 0. The second-order valence-electron chi connectivity index (χ2n) is 2.98. The molecule has 0 aromatic heterocycles. The third kappa shape index (κ3) is 3.78. The maximum Gasteiger partial charge on any atom is 0.407 e. The van der Waals surface area contributed by atoms with Crippen LogP contribution in [0.1, 0.15) is 13.8 Å². The number of nitrogens with one attached hydrogen (secondary N) is 2. The fraction of sp³-hybridized carbons (Fsp3) is 0.857. The number of halogens is 1. The normalized spacial score (nSPS) is 16.2. The Kier molecular flexibility index (Phi) is 5.01. The van der Waals surface area contributed by atoms with Gasteiger partial charge in [0, 0.05) is 19.1 Å². The van der Waals surface area contributed by atoms with Crippen molar-refractivity contribution in [3.05, 3.63) is 0 Å². The molecule has 0 aliphatic carbocycles. The van der Waals surface area contributed by atoms with Gasteiger partial charge in [0.1, 0.15) is 6.10 Å². The van der Waals surface area contributed by atoms with Gasteiger partial charge in [0.05, 0.1) is 0 Å². The molecule has 1 aliphatic rings. The molecular weight excluding hydrogens is 180 g/mol. The van der Waals surface area contributed by atoms with Crippen LogP contribution in [0.25, 0.3) is 0 Å². The van der Waals surface area contributed by atoms with Crippen molar-refractivity contribution in [2.45, 2.75) is 26.0 Å². The fourth-order valence-corrected chi connectivity index (χ4v) is 0.767. The smallest absolute Gasteiger partial charge is 0.407 e. The first-order valence-corrected chi connectivity index (χ1v) is 3.86. The topological polar surface area (TPSA) is 50.4 Å². The monoisotopic (exact) mass is 194 g/mol. The average Bonchev–Trinajstić information content (AvgIpc) is 1.77. The third-order valence-corrected chi connectivity index (χ3v) is 1.42. The van der Waals surface area contributed by atoms with Crippen molar-refractivity contribution in [2.75, 3.05) is 13.1 Å². The Morgan fingerprint density at radius 3 is 2.50 bits per heavy atom. The van der Waals surface area contributed by atoms with Gasteiger partial charge in [-0.1, -0.05) is 0 Å². The van der Waals surface area contributed by atoms with Gasteiger partial charge in [0.2, 0.25) is 0 Å². The Labute approximate surface area is 78.5 Å². The number of hydrogen-bond acceptors (Lipinski definition) is 3. The number of rotatable bonds is 2. The highest BCUT2D eigenvalue weighted by Crippen LogP contribution is 1.98. The van der Waals surface area contributed by atoms with Crippen molar-refractivity contribution in [2.24, 2.45) is 0 Å². The van der Waals surface area contributed by atoms with Crippen LogP contribution in [0.4, 0.5) is 4.79 Å². The largest absolute Gasteiger partial charge is 0.444 e. The van der Waals surface area contributed by atoms with Crippen LogP contribution in [-0.4, -0.2) is 31.3 Å². The molecule has 12 heavy (non-hydrogen) atoms. The highest BCUT2D eigenvalue weighted by Gasteiger charge is 2.20. The van der Waals surface area contributed by atoms with E-state index in [1.165, 1.54) is 0 Å². The molecular formula is C7H15ClN2O2. The van der Waals surface area contributed by atoms with E-state index in [9.17, 15) is 4.79 Å². The first-order valence-electron chi connectivity index (χ1n) is 3.86. The van der Waals surface area contributed by atoms with Gasteiger partial charge in [0.25, 0.3) is 0 Å². The van der Waals surface area contributed by atoms with Gasteiger partial charge in [-0.3, -0.25) is 0 Å². The van der Waals surface area contributed by atoms with Gasteiger partial charge in [-0.05, 0) is 13.8 Å². The van der Waals surface area contributed by atoms with Crippen LogP contribution < -0.4 is 10.6 Å². The number of amides is 1.